The van der Waals surface area contributed by atoms with Crippen LogP contribution in [0.25, 0.3) is 0 Å². The van der Waals surface area contributed by atoms with Crippen molar-refractivity contribution in [2.24, 2.45) is 5.92 Å². The van der Waals surface area contributed by atoms with Crippen molar-refractivity contribution in [1.29, 1.82) is 0 Å². The number of hydrogen-bond donors (Lipinski definition) is 1. The molecule has 1 atom stereocenters. The van der Waals surface area contributed by atoms with Crippen LogP contribution in [0.5, 0.6) is 0 Å². The van der Waals surface area contributed by atoms with Gasteiger partial charge in [-0.05, 0) is 24.5 Å². The molecule has 0 bridgehead atoms. The average Bonchev–Trinajstić information content (AvgIpc) is 2.29. The lowest BCUT2D eigenvalue weighted by atomic mass is 10.1. The predicted octanol–water partition coefficient (Wildman–Crippen LogP) is 2.53. The third-order valence-corrected chi connectivity index (χ3v) is 4.30. The molecule has 0 saturated carbocycles. The maximum atomic E-state index is 5.33. The summed E-state index contributed by atoms with van der Waals surface area (Å²) in [5.41, 5.74) is 0. The van der Waals surface area contributed by atoms with Crippen LogP contribution in [0, 0.1) is 5.92 Å². The minimum absolute atomic E-state index is 0.711. The Morgan fingerprint density at radius 3 is 2.80 bits per heavy atom. The minimum atomic E-state index is 0.711. The van der Waals surface area contributed by atoms with Gasteiger partial charge in [0.1, 0.15) is 0 Å². The first-order valence-electron chi connectivity index (χ1n) is 6.21. The van der Waals surface area contributed by atoms with Gasteiger partial charge in [0, 0.05) is 31.6 Å². The standard InChI is InChI=1S/C12H25NOS/c1-3-11(2)10-15-9-6-13-12-4-7-14-8-5-12/h11-13H,3-10H2,1-2H3. The molecule has 1 unspecified atom stereocenters. The number of rotatable bonds is 7. The molecular weight excluding hydrogens is 206 g/mol. The van der Waals surface area contributed by atoms with Crippen LogP contribution < -0.4 is 5.32 Å². The summed E-state index contributed by atoms with van der Waals surface area (Å²) in [6.07, 6.45) is 3.69. The average molecular weight is 231 g/mol. The summed E-state index contributed by atoms with van der Waals surface area (Å²) < 4.78 is 5.33. The number of hydrogen-bond acceptors (Lipinski definition) is 3. The van der Waals surface area contributed by atoms with Crippen LogP contribution in [-0.4, -0.2) is 37.3 Å². The van der Waals surface area contributed by atoms with Crippen LogP contribution in [0.1, 0.15) is 33.1 Å². The van der Waals surface area contributed by atoms with E-state index < -0.39 is 0 Å². The smallest absolute Gasteiger partial charge is 0.0480 e. The fourth-order valence-electron chi connectivity index (χ4n) is 1.64. The Labute approximate surface area is 98.5 Å². The van der Waals surface area contributed by atoms with Crippen molar-refractivity contribution in [3.63, 3.8) is 0 Å². The summed E-state index contributed by atoms with van der Waals surface area (Å²) in [6, 6.07) is 0.711. The van der Waals surface area contributed by atoms with Crippen LogP contribution in [-0.2, 0) is 4.74 Å². The van der Waals surface area contributed by atoms with E-state index in [9.17, 15) is 0 Å². The van der Waals surface area contributed by atoms with Gasteiger partial charge in [-0.15, -0.1) is 0 Å². The van der Waals surface area contributed by atoms with Crippen LogP contribution in [0.2, 0.25) is 0 Å². The molecule has 1 rings (SSSR count). The Morgan fingerprint density at radius 1 is 1.40 bits per heavy atom. The Kier molecular flexibility index (Phi) is 7.49. The fourth-order valence-corrected chi connectivity index (χ4v) is 2.71. The zero-order chi connectivity index (χ0) is 10.9. The molecule has 0 aliphatic carbocycles. The van der Waals surface area contributed by atoms with Crippen molar-refractivity contribution >= 4 is 11.8 Å². The third-order valence-electron chi connectivity index (χ3n) is 3.00. The second kappa shape index (κ2) is 8.43. The van der Waals surface area contributed by atoms with E-state index in [1.165, 1.54) is 30.8 Å². The maximum Gasteiger partial charge on any atom is 0.0480 e. The van der Waals surface area contributed by atoms with Crippen molar-refractivity contribution in [2.45, 2.75) is 39.2 Å². The van der Waals surface area contributed by atoms with E-state index in [0.29, 0.717) is 6.04 Å². The number of ether oxygens (including phenoxy) is 1. The molecule has 2 nitrogen and oxygen atoms in total. The molecule has 1 saturated heterocycles. The summed E-state index contributed by atoms with van der Waals surface area (Å²) in [7, 11) is 0. The first kappa shape index (κ1) is 13.3. The Bertz CT molecular complexity index is 149. The van der Waals surface area contributed by atoms with Gasteiger partial charge in [0.25, 0.3) is 0 Å². The number of thioether (sulfide) groups is 1. The molecular formula is C12H25NOS. The molecule has 1 fully saturated rings. The molecule has 0 aromatic carbocycles. The molecule has 3 heteroatoms. The lowest BCUT2D eigenvalue weighted by molar-refractivity contribution is 0.0786. The quantitative estimate of drug-likeness (QED) is 0.680. The van der Waals surface area contributed by atoms with E-state index in [4.69, 9.17) is 4.74 Å². The number of nitrogens with one attached hydrogen (secondary N) is 1. The van der Waals surface area contributed by atoms with Gasteiger partial charge in [0.05, 0.1) is 0 Å². The molecule has 0 spiro atoms. The van der Waals surface area contributed by atoms with Crippen molar-refractivity contribution in [3.05, 3.63) is 0 Å². The van der Waals surface area contributed by atoms with Crippen molar-refractivity contribution in [3.8, 4) is 0 Å². The Hall–Kier alpha value is 0.270. The Morgan fingerprint density at radius 2 is 2.13 bits per heavy atom. The minimum Gasteiger partial charge on any atom is -0.381 e. The molecule has 0 amide bonds. The largest absolute Gasteiger partial charge is 0.381 e. The van der Waals surface area contributed by atoms with E-state index in [0.717, 1.165) is 25.7 Å². The van der Waals surface area contributed by atoms with Crippen LogP contribution in [0.15, 0.2) is 0 Å². The highest BCUT2D eigenvalue weighted by molar-refractivity contribution is 7.99. The highest BCUT2D eigenvalue weighted by atomic mass is 32.2. The van der Waals surface area contributed by atoms with E-state index in [-0.39, 0.29) is 0 Å². The van der Waals surface area contributed by atoms with Crippen molar-refractivity contribution in [1.82, 2.24) is 5.32 Å². The highest BCUT2D eigenvalue weighted by Crippen LogP contribution is 2.11. The zero-order valence-corrected chi connectivity index (χ0v) is 10.9. The maximum absolute atomic E-state index is 5.33. The molecule has 0 aromatic rings. The lowest BCUT2D eigenvalue weighted by Gasteiger charge is -2.23. The van der Waals surface area contributed by atoms with Gasteiger partial charge in [-0.3, -0.25) is 0 Å². The topological polar surface area (TPSA) is 21.3 Å². The van der Waals surface area contributed by atoms with Gasteiger partial charge in [-0.25, -0.2) is 0 Å². The molecule has 90 valence electrons. The second-order valence-electron chi connectivity index (χ2n) is 4.43. The van der Waals surface area contributed by atoms with E-state index in [1.54, 1.807) is 0 Å². The van der Waals surface area contributed by atoms with E-state index in [2.05, 4.69) is 30.9 Å². The van der Waals surface area contributed by atoms with Gasteiger partial charge in [-0.1, -0.05) is 20.3 Å². The van der Waals surface area contributed by atoms with Gasteiger partial charge in [0.2, 0.25) is 0 Å². The van der Waals surface area contributed by atoms with Gasteiger partial charge in [0.15, 0.2) is 0 Å². The zero-order valence-electron chi connectivity index (χ0n) is 10.1. The molecule has 0 radical (unpaired) electrons. The molecule has 1 aliphatic heterocycles. The molecule has 15 heavy (non-hydrogen) atoms. The summed E-state index contributed by atoms with van der Waals surface area (Å²) in [5, 5.41) is 3.61. The third kappa shape index (κ3) is 6.44. The molecule has 1 heterocycles. The van der Waals surface area contributed by atoms with Crippen molar-refractivity contribution < 1.29 is 4.74 Å². The summed E-state index contributed by atoms with van der Waals surface area (Å²) in [4.78, 5) is 0. The van der Waals surface area contributed by atoms with Crippen molar-refractivity contribution in [2.75, 3.05) is 31.3 Å². The van der Waals surface area contributed by atoms with E-state index in [1.807, 2.05) is 0 Å². The lowest BCUT2D eigenvalue weighted by Crippen LogP contribution is -2.36. The van der Waals surface area contributed by atoms with Crippen LogP contribution in [0.4, 0.5) is 0 Å². The van der Waals surface area contributed by atoms with E-state index >= 15 is 0 Å². The van der Waals surface area contributed by atoms with Gasteiger partial charge < -0.3 is 10.1 Å². The normalized spacial score (nSPS) is 20.4. The molecule has 1 aliphatic rings. The first-order valence-corrected chi connectivity index (χ1v) is 7.37. The molecule has 1 N–H and O–H groups in total. The monoisotopic (exact) mass is 231 g/mol. The second-order valence-corrected chi connectivity index (χ2v) is 5.58. The highest BCUT2D eigenvalue weighted by Gasteiger charge is 2.11. The summed E-state index contributed by atoms with van der Waals surface area (Å²) >= 11 is 2.08. The SMILES string of the molecule is CCC(C)CSCCNC1CCOCC1. The summed E-state index contributed by atoms with van der Waals surface area (Å²) in [6.45, 7) is 7.64. The Balaban J connectivity index is 1.87. The summed E-state index contributed by atoms with van der Waals surface area (Å²) in [5.74, 6) is 3.44. The predicted molar refractivity (Wildman–Crippen MR) is 68.6 cm³/mol. The van der Waals surface area contributed by atoms with Crippen LogP contribution in [0.3, 0.4) is 0 Å². The van der Waals surface area contributed by atoms with Crippen LogP contribution >= 0.6 is 11.8 Å². The first-order chi connectivity index (χ1) is 7.33. The molecule has 0 aromatic heterocycles. The van der Waals surface area contributed by atoms with Gasteiger partial charge >= 0.3 is 0 Å². The fraction of sp³-hybridized carbons (Fsp3) is 1.00. The van der Waals surface area contributed by atoms with Gasteiger partial charge in [-0.2, -0.15) is 11.8 Å².